The Morgan fingerprint density at radius 2 is 1.80 bits per heavy atom. The minimum absolute atomic E-state index is 0.0556. The molecule has 192 valence electrons. The molecule has 4 N–H and O–H groups in total. The van der Waals surface area contributed by atoms with Gasteiger partial charge in [0.1, 0.15) is 11.5 Å². The molecule has 2 rings (SSSR count). The fourth-order valence-corrected chi connectivity index (χ4v) is 3.16. The summed E-state index contributed by atoms with van der Waals surface area (Å²) in [5.74, 6) is -1.69. The van der Waals surface area contributed by atoms with Crippen LogP contribution in [0.1, 0.15) is 67.6 Å². The van der Waals surface area contributed by atoms with Crippen molar-refractivity contribution in [2.75, 3.05) is 5.32 Å². The molecule has 0 radical (unpaired) electrons. The van der Waals surface area contributed by atoms with E-state index < -0.39 is 29.4 Å². The van der Waals surface area contributed by atoms with Gasteiger partial charge >= 0.3 is 6.18 Å². The number of anilines is 1. The number of carbonyl (C=O) groups is 2. The molecule has 0 atom stereocenters. The number of nitrogens with two attached hydrogens (primary N) is 1. The number of rotatable bonds is 6. The number of benzene rings is 1. The summed E-state index contributed by atoms with van der Waals surface area (Å²) >= 11 is 12.2. The van der Waals surface area contributed by atoms with Gasteiger partial charge in [-0.3, -0.25) is 9.59 Å². The lowest BCUT2D eigenvalue weighted by Crippen LogP contribution is -2.31. The third-order valence-corrected chi connectivity index (χ3v) is 4.90. The number of allylic oxidation sites excluding steroid dienone is 2. The molecule has 12 heteroatoms. The van der Waals surface area contributed by atoms with E-state index in [2.05, 4.69) is 22.3 Å². The Balaban J connectivity index is 0.00000194. The van der Waals surface area contributed by atoms with Crippen LogP contribution < -0.4 is 16.4 Å². The van der Waals surface area contributed by atoms with Crippen molar-refractivity contribution < 1.29 is 22.8 Å². The molecule has 0 unspecified atom stereocenters. The van der Waals surface area contributed by atoms with Crippen LogP contribution in [0, 0.1) is 0 Å². The van der Waals surface area contributed by atoms with E-state index in [9.17, 15) is 22.8 Å². The summed E-state index contributed by atoms with van der Waals surface area (Å²) in [7, 11) is 0. The number of nitrogens with one attached hydrogen (secondary N) is 2. The van der Waals surface area contributed by atoms with Crippen molar-refractivity contribution in [1.82, 2.24) is 15.1 Å². The van der Waals surface area contributed by atoms with Gasteiger partial charge in [-0.25, -0.2) is 4.68 Å². The molecule has 0 aliphatic carbocycles. The Morgan fingerprint density at radius 1 is 1.23 bits per heavy atom. The molecule has 1 heterocycles. The summed E-state index contributed by atoms with van der Waals surface area (Å²) in [5, 5.41) is 8.56. The molecule has 0 fully saturated rings. The summed E-state index contributed by atoms with van der Waals surface area (Å²) in [6, 6.07) is 2.91. The highest BCUT2D eigenvalue weighted by Gasteiger charge is 2.36. The normalized spacial score (nSPS) is 11.9. The van der Waals surface area contributed by atoms with Crippen LogP contribution in [0.15, 0.2) is 36.4 Å². The third-order valence-electron chi connectivity index (χ3n) is 4.39. The zero-order valence-electron chi connectivity index (χ0n) is 20.0. The number of aromatic nitrogens is 2. The summed E-state index contributed by atoms with van der Waals surface area (Å²) in [5.41, 5.74) is 4.52. The van der Waals surface area contributed by atoms with Gasteiger partial charge in [-0.15, -0.1) is 6.58 Å². The predicted octanol–water partition coefficient (Wildman–Crippen LogP) is 6.35. The van der Waals surface area contributed by atoms with Crippen LogP contribution in [0.2, 0.25) is 10.0 Å². The van der Waals surface area contributed by atoms with Crippen LogP contribution in [-0.4, -0.2) is 27.6 Å². The zero-order valence-corrected chi connectivity index (χ0v) is 21.5. The fourth-order valence-electron chi connectivity index (χ4n) is 2.62. The minimum Gasteiger partial charge on any atom is -0.384 e. The van der Waals surface area contributed by atoms with E-state index in [1.807, 2.05) is 6.92 Å². The molecule has 0 spiro atoms. The average Bonchev–Trinajstić information content (AvgIpc) is 3.20. The molecule has 0 aliphatic rings. The fraction of sp³-hybridized carbons (Fsp3) is 0.348. The summed E-state index contributed by atoms with van der Waals surface area (Å²) in [6.45, 7) is 12.1. The molecule has 0 bridgehead atoms. The molecule has 7 nitrogen and oxygen atoms in total. The first-order valence-corrected chi connectivity index (χ1v) is 11.2. The molecule has 0 saturated heterocycles. The van der Waals surface area contributed by atoms with E-state index in [1.54, 1.807) is 33.8 Å². The second-order valence-corrected chi connectivity index (χ2v) is 8.49. The number of nitrogens with zero attached hydrogens (tertiary/aromatic N) is 2. The van der Waals surface area contributed by atoms with Gasteiger partial charge in [0.2, 0.25) is 0 Å². The van der Waals surface area contributed by atoms with Crippen molar-refractivity contribution in [2.24, 2.45) is 5.73 Å². The maximum atomic E-state index is 13.3. The van der Waals surface area contributed by atoms with Gasteiger partial charge in [-0.2, -0.15) is 18.3 Å². The molecule has 2 aromatic rings. The summed E-state index contributed by atoms with van der Waals surface area (Å²) < 4.78 is 40.5. The van der Waals surface area contributed by atoms with Crippen molar-refractivity contribution in [1.29, 1.82) is 0 Å². The van der Waals surface area contributed by atoms with E-state index in [0.29, 0.717) is 22.7 Å². The minimum atomic E-state index is -4.80. The highest BCUT2D eigenvalue weighted by Crippen LogP contribution is 2.33. The molecule has 2 amide bonds. The van der Waals surface area contributed by atoms with Gasteiger partial charge in [-0.1, -0.05) is 36.2 Å². The highest BCUT2D eigenvalue weighted by molar-refractivity contribution is 6.38. The number of carbonyl (C=O) groups excluding carboxylic acids is 2. The third kappa shape index (κ3) is 8.03. The van der Waals surface area contributed by atoms with Crippen molar-refractivity contribution in [3.8, 4) is 0 Å². The Morgan fingerprint density at radius 3 is 2.29 bits per heavy atom. The van der Waals surface area contributed by atoms with E-state index in [-0.39, 0.29) is 33.2 Å². The van der Waals surface area contributed by atoms with Crippen molar-refractivity contribution >= 4 is 46.5 Å². The standard InChI is InChI=1S/C20H22Cl2F3N5O2.C3H6/c1-5-10(4)17(26)30-14(8-15(29-30)20(23,24)25)19(32)28-16-12(18(31)27-9(2)3)6-11(21)7-13(16)22;1-3-2/h6-9H,5,26H2,1-4H3,(H,27,31)(H,28,32);3H,1H2,2H3/b17-10+;. The van der Waals surface area contributed by atoms with E-state index in [4.69, 9.17) is 28.9 Å². The van der Waals surface area contributed by atoms with Crippen molar-refractivity contribution in [2.45, 2.75) is 53.3 Å². The first kappa shape index (κ1) is 30.1. The lowest BCUT2D eigenvalue weighted by molar-refractivity contribution is -0.141. The van der Waals surface area contributed by atoms with Crippen LogP contribution in [0.3, 0.4) is 0 Å². The quantitative estimate of drug-likeness (QED) is 0.376. The molecule has 0 aliphatic heterocycles. The topological polar surface area (TPSA) is 102 Å². The molecule has 1 aromatic heterocycles. The largest absolute Gasteiger partial charge is 0.435 e. The smallest absolute Gasteiger partial charge is 0.384 e. The predicted molar refractivity (Wildman–Crippen MR) is 133 cm³/mol. The van der Waals surface area contributed by atoms with Crippen LogP contribution in [0.4, 0.5) is 18.9 Å². The zero-order chi connectivity index (χ0) is 27.1. The highest BCUT2D eigenvalue weighted by atomic mass is 35.5. The number of hydrogen-bond acceptors (Lipinski definition) is 4. The number of halogens is 5. The molecule has 1 aromatic carbocycles. The molecule has 35 heavy (non-hydrogen) atoms. The van der Waals surface area contributed by atoms with Gasteiger partial charge in [0.25, 0.3) is 11.8 Å². The molecular formula is C23H28Cl2F3N5O2. The summed E-state index contributed by atoms with van der Waals surface area (Å²) in [6.07, 6.45) is -2.63. The Bertz CT molecular complexity index is 1130. The van der Waals surface area contributed by atoms with Gasteiger partial charge in [0, 0.05) is 17.1 Å². The lowest BCUT2D eigenvalue weighted by atomic mass is 10.1. The van der Waals surface area contributed by atoms with E-state index in [1.165, 1.54) is 12.1 Å². The van der Waals surface area contributed by atoms with Crippen LogP contribution in [0.5, 0.6) is 0 Å². The van der Waals surface area contributed by atoms with Crippen LogP contribution >= 0.6 is 23.2 Å². The molecular weight excluding hydrogens is 506 g/mol. The number of amides is 2. The van der Waals surface area contributed by atoms with Gasteiger partial charge in [-0.05, 0) is 51.8 Å². The van der Waals surface area contributed by atoms with E-state index >= 15 is 0 Å². The van der Waals surface area contributed by atoms with Gasteiger partial charge in [0.15, 0.2) is 5.69 Å². The Kier molecular flexibility index (Phi) is 10.9. The van der Waals surface area contributed by atoms with E-state index in [0.717, 1.165) is 0 Å². The Hall–Kier alpha value is -2.98. The second kappa shape index (κ2) is 12.6. The second-order valence-electron chi connectivity index (χ2n) is 7.64. The van der Waals surface area contributed by atoms with Crippen molar-refractivity contribution in [3.05, 3.63) is 63.4 Å². The first-order valence-electron chi connectivity index (χ1n) is 10.5. The SMILES string of the molecule is C=CC.CC/C(C)=C(\N)n1nc(C(F)(F)F)cc1C(=O)Nc1c(Cl)cc(Cl)cc1C(=O)NC(C)C. The lowest BCUT2D eigenvalue weighted by Gasteiger charge is -2.16. The Labute approximate surface area is 212 Å². The van der Waals surface area contributed by atoms with Gasteiger partial charge < -0.3 is 16.4 Å². The monoisotopic (exact) mass is 533 g/mol. The maximum Gasteiger partial charge on any atom is 0.435 e. The maximum absolute atomic E-state index is 13.3. The molecule has 0 saturated carbocycles. The van der Waals surface area contributed by atoms with Crippen LogP contribution in [0.25, 0.3) is 5.82 Å². The number of hydrogen-bond donors (Lipinski definition) is 3. The van der Waals surface area contributed by atoms with Gasteiger partial charge in [0.05, 0.1) is 16.3 Å². The first-order chi connectivity index (χ1) is 16.2. The summed E-state index contributed by atoms with van der Waals surface area (Å²) in [4.78, 5) is 25.5. The van der Waals surface area contributed by atoms with Crippen LogP contribution in [-0.2, 0) is 6.18 Å². The van der Waals surface area contributed by atoms with Crippen molar-refractivity contribution in [3.63, 3.8) is 0 Å². The average molecular weight is 534 g/mol. The number of alkyl halides is 3.